The number of hydrogen-bond acceptors (Lipinski definition) is 5. The second kappa shape index (κ2) is 11.3. The molecule has 0 unspecified atom stereocenters. The lowest BCUT2D eigenvalue weighted by Crippen LogP contribution is -2.47. The predicted octanol–water partition coefficient (Wildman–Crippen LogP) is 4.19. The van der Waals surface area contributed by atoms with Gasteiger partial charge in [-0.05, 0) is 24.0 Å². The van der Waals surface area contributed by atoms with E-state index >= 15 is 0 Å². The zero-order chi connectivity index (χ0) is 27.4. The van der Waals surface area contributed by atoms with Crippen molar-refractivity contribution in [3.8, 4) is 11.3 Å². The number of aromatic nitrogens is 4. The molecule has 38 heavy (non-hydrogen) atoms. The average Bonchev–Trinajstić information content (AvgIpc) is 3.46. The van der Waals surface area contributed by atoms with Crippen LogP contribution in [0.5, 0.6) is 0 Å². The number of nitrogens with zero attached hydrogens (tertiary/aromatic N) is 5. The molecule has 2 aromatic heterocycles. The van der Waals surface area contributed by atoms with Crippen molar-refractivity contribution in [3.63, 3.8) is 0 Å². The highest BCUT2D eigenvalue weighted by Crippen LogP contribution is 2.39. The zero-order valence-electron chi connectivity index (χ0n) is 22.9. The van der Waals surface area contributed by atoms with Crippen molar-refractivity contribution in [2.24, 2.45) is 18.2 Å². The van der Waals surface area contributed by atoms with Gasteiger partial charge >= 0.3 is 0 Å². The van der Waals surface area contributed by atoms with E-state index in [1.807, 2.05) is 68.7 Å². The molecular formula is C30H38N6O2. The largest absolute Gasteiger partial charge is 0.390 e. The first-order valence-electron chi connectivity index (χ1n) is 12.9. The van der Waals surface area contributed by atoms with Crippen LogP contribution in [0.4, 0.5) is 0 Å². The number of aliphatic hydroxyl groups excluding tert-OH is 1. The summed E-state index contributed by atoms with van der Waals surface area (Å²) in [6, 6.07) is 21.5. The Balaban J connectivity index is 1.88. The summed E-state index contributed by atoms with van der Waals surface area (Å²) < 4.78 is 3.80. The van der Waals surface area contributed by atoms with E-state index in [2.05, 4.69) is 42.6 Å². The molecule has 0 saturated carbocycles. The maximum atomic E-state index is 14.0. The number of benzene rings is 2. The third kappa shape index (κ3) is 6.03. The van der Waals surface area contributed by atoms with Crippen LogP contribution in [0.3, 0.4) is 0 Å². The van der Waals surface area contributed by atoms with Crippen molar-refractivity contribution in [1.29, 1.82) is 0 Å². The number of hydrogen-bond donors (Lipinski definition) is 2. The lowest BCUT2D eigenvalue weighted by atomic mass is 9.84. The zero-order valence-corrected chi connectivity index (χ0v) is 22.9. The van der Waals surface area contributed by atoms with Gasteiger partial charge in [-0.1, -0.05) is 81.4 Å². The van der Waals surface area contributed by atoms with Crippen LogP contribution in [-0.4, -0.2) is 54.4 Å². The number of aryl methyl sites for hydroxylation is 2. The number of imidazole rings is 1. The Morgan fingerprint density at radius 3 is 2.26 bits per heavy atom. The molecule has 0 spiro atoms. The number of aliphatic hydroxyl groups is 1. The van der Waals surface area contributed by atoms with Crippen LogP contribution in [0.2, 0.25) is 0 Å². The molecule has 4 rings (SSSR count). The van der Waals surface area contributed by atoms with E-state index in [4.69, 9.17) is 10.7 Å². The van der Waals surface area contributed by atoms with E-state index in [9.17, 15) is 9.90 Å². The van der Waals surface area contributed by atoms with Gasteiger partial charge in [0.1, 0.15) is 5.82 Å². The monoisotopic (exact) mass is 514 g/mol. The predicted molar refractivity (Wildman–Crippen MR) is 149 cm³/mol. The summed E-state index contributed by atoms with van der Waals surface area (Å²) in [5.74, 6) is 0.474. The molecule has 0 aliphatic rings. The molecule has 2 aromatic carbocycles. The van der Waals surface area contributed by atoms with Gasteiger partial charge in [-0.3, -0.25) is 9.48 Å². The fourth-order valence-electron chi connectivity index (χ4n) is 4.72. The quantitative estimate of drug-likeness (QED) is 0.349. The van der Waals surface area contributed by atoms with Crippen molar-refractivity contribution < 1.29 is 9.90 Å². The summed E-state index contributed by atoms with van der Waals surface area (Å²) in [5, 5.41) is 15.1. The normalized spacial score (nSPS) is 13.3. The van der Waals surface area contributed by atoms with Gasteiger partial charge < -0.3 is 20.3 Å². The molecule has 3 N–H and O–H groups in total. The second-order valence-corrected chi connectivity index (χ2v) is 10.9. The van der Waals surface area contributed by atoms with Gasteiger partial charge in [-0.2, -0.15) is 5.10 Å². The molecule has 1 amide bonds. The molecule has 0 aliphatic heterocycles. The first-order chi connectivity index (χ1) is 18.1. The highest BCUT2D eigenvalue weighted by molar-refractivity contribution is 5.92. The Kier molecular flexibility index (Phi) is 8.14. The number of rotatable bonds is 9. The fraction of sp³-hybridized carbons (Fsp3) is 0.367. The van der Waals surface area contributed by atoms with Gasteiger partial charge in [0.25, 0.3) is 5.91 Å². The molecule has 8 nitrogen and oxygen atoms in total. The molecule has 0 fully saturated rings. The molecular weight excluding hydrogens is 476 g/mol. The summed E-state index contributed by atoms with van der Waals surface area (Å²) in [5.41, 5.74) is 9.53. The molecule has 0 radical (unpaired) electrons. The van der Waals surface area contributed by atoms with Crippen LogP contribution in [0.25, 0.3) is 11.3 Å². The van der Waals surface area contributed by atoms with E-state index in [0.29, 0.717) is 12.2 Å². The minimum atomic E-state index is -0.889. The minimum Gasteiger partial charge on any atom is -0.390 e. The molecule has 4 aromatic rings. The first kappa shape index (κ1) is 27.3. The highest BCUT2D eigenvalue weighted by Gasteiger charge is 2.40. The maximum Gasteiger partial charge on any atom is 0.275 e. The smallest absolute Gasteiger partial charge is 0.275 e. The number of carbonyl (C=O) groups excluding carboxylic acids is 1. The molecule has 8 heteroatoms. The summed E-state index contributed by atoms with van der Waals surface area (Å²) >= 11 is 0. The van der Waals surface area contributed by atoms with Gasteiger partial charge in [-0.15, -0.1) is 0 Å². The number of carbonyl (C=O) groups is 1. The lowest BCUT2D eigenvalue weighted by molar-refractivity contribution is 0.0291. The molecule has 0 aliphatic carbocycles. The number of nitrogens with two attached hydrogens (primary N) is 1. The molecule has 2 atom stereocenters. The summed E-state index contributed by atoms with van der Waals surface area (Å²) in [7, 11) is 1.81. The molecule has 2 heterocycles. The van der Waals surface area contributed by atoms with Crippen molar-refractivity contribution in [3.05, 3.63) is 95.7 Å². The van der Waals surface area contributed by atoms with Crippen LogP contribution in [-0.2, 0) is 13.6 Å². The molecule has 0 saturated heterocycles. The third-order valence-electron chi connectivity index (χ3n) is 6.72. The highest BCUT2D eigenvalue weighted by atomic mass is 16.3. The van der Waals surface area contributed by atoms with E-state index < -0.39 is 17.6 Å². The number of amides is 1. The Bertz CT molecular complexity index is 1340. The van der Waals surface area contributed by atoms with E-state index in [0.717, 1.165) is 28.3 Å². The Hall–Kier alpha value is -3.75. The van der Waals surface area contributed by atoms with Crippen molar-refractivity contribution in [2.45, 2.75) is 46.4 Å². The van der Waals surface area contributed by atoms with Crippen molar-refractivity contribution >= 4 is 5.91 Å². The van der Waals surface area contributed by atoms with Crippen molar-refractivity contribution in [1.82, 2.24) is 24.2 Å². The first-order valence-corrected chi connectivity index (χ1v) is 12.9. The van der Waals surface area contributed by atoms with Crippen LogP contribution in [0.1, 0.15) is 54.4 Å². The summed E-state index contributed by atoms with van der Waals surface area (Å²) in [6.45, 7) is 8.84. The SMILES string of the molecule is Cc1cc(C(=O)N(C[C@@H](O)CN)[C@@H](c2nc(-c3ccccc3)cn2Cc2ccccc2)C(C)(C)C)nn1C. The van der Waals surface area contributed by atoms with Crippen LogP contribution >= 0.6 is 0 Å². The van der Waals surface area contributed by atoms with Gasteiger partial charge in [0.15, 0.2) is 5.69 Å². The Morgan fingerprint density at radius 1 is 1.08 bits per heavy atom. The van der Waals surface area contributed by atoms with Crippen LogP contribution < -0.4 is 5.73 Å². The van der Waals surface area contributed by atoms with Gasteiger partial charge in [0.2, 0.25) is 0 Å². The summed E-state index contributed by atoms with van der Waals surface area (Å²) in [6.07, 6.45) is 1.16. The van der Waals surface area contributed by atoms with E-state index in [-0.39, 0.29) is 19.0 Å². The molecule has 0 bridgehead atoms. The maximum absolute atomic E-state index is 14.0. The van der Waals surface area contributed by atoms with Crippen LogP contribution in [0.15, 0.2) is 72.9 Å². The van der Waals surface area contributed by atoms with E-state index in [1.165, 1.54) is 0 Å². The topological polar surface area (TPSA) is 102 Å². The van der Waals surface area contributed by atoms with Crippen LogP contribution in [0, 0.1) is 12.3 Å². The standard InChI is InChI=1S/C30H38N6O2/c1-21-16-25(33-34(21)5)29(38)36(19-24(37)17-31)27(30(2,3)4)28-32-26(23-14-10-7-11-15-23)20-35(28)18-22-12-8-6-9-13-22/h6-16,20,24,27,37H,17-19,31H2,1-5H3/t24-,27-/m0/s1. The van der Waals surface area contributed by atoms with Gasteiger partial charge in [-0.25, -0.2) is 4.98 Å². The minimum absolute atomic E-state index is 0.0373. The fourth-order valence-corrected chi connectivity index (χ4v) is 4.72. The Morgan fingerprint density at radius 2 is 1.71 bits per heavy atom. The third-order valence-corrected chi connectivity index (χ3v) is 6.72. The summed E-state index contributed by atoms with van der Waals surface area (Å²) in [4.78, 5) is 20.9. The second-order valence-electron chi connectivity index (χ2n) is 10.9. The van der Waals surface area contributed by atoms with Gasteiger partial charge in [0, 0.05) is 44.1 Å². The molecule has 200 valence electrons. The lowest BCUT2D eigenvalue weighted by Gasteiger charge is -2.40. The Labute approximate surface area is 224 Å². The van der Waals surface area contributed by atoms with E-state index in [1.54, 1.807) is 15.6 Å². The van der Waals surface area contributed by atoms with Gasteiger partial charge in [0.05, 0.1) is 17.8 Å². The average molecular weight is 515 g/mol. The van der Waals surface area contributed by atoms with Crippen molar-refractivity contribution in [2.75, 3.05) is 13.1 Å².